The van der Waals surface area contributed by atoms with Crippen molar-refractivity contribution >= 4 is 11.6 Å². The van der Waals surface area contributed by atoms with Crippen molar-refractivity contribution in [3.8, 4) is 0 Å². The Morgan fingerprint density at radius 2 is 2.20 bits per heavy atom. The number of carbonyl (C=O) groups excluding carboxylic acids is 1. The quantitative estimate of drug-likeness (QED) is 0.665. The molecule has 0 radical (unpaired) electrons. The van der Waals surface area contributed by atoms with Crippen LogP contribution in [0.5, 0.6) is 0 Å². The van der Waals surface area contributed by atoms with Crippen LogP contribution in [0.1, 0.15) is 42.1 Å². The highest BCUT2D eigenvalue weighted by Crippen LogP contribution is 2.33. The standard InChI is InChI=1S/C14H17FN2O3/c1-8-5-11(17(19)20)7-12(13(8)15)14(18)16-9(2)6-10-3-4-10/h5,7,9-10H,3-4,6H2,1-2H3,(H,16,18). The number of aryl methyl sites for hydroxylation is 1. The highest BCUT2D eigenvalue weighted by molar-refractivity contribution is 5.95. The Kier molecular flexibility index (Phi) is 4.01. The van der Waals surface area contributed by atoms with E-state index in [4.69, 9.17) is 0 Å². The number of nitrogens with zero attached hydrogens (tertiary/aromatic N) is 1. The molecule has 108 valence electrons. The SMILES string of the molecule is Cc1cc([N+](=O)[O-])cc(C(=O)NC(C)CC2CC2)c1F. The first-order valence-corrected chi connectivity index (χ1v) is 6.64. The zero-order chi connectivity index (χ0) is 14.9. The van der Waals surface area contributed by atoms with Crippen LogP contribution in [-0.4, -0.2) is 16.9 Å². The molecule has 20 heavy (non-hydrogen) atoms. The number of carbonyl (C=O) groups is 1. The van der Waals surface area contributed by atoms with Crippen LogP contribution in [0.15, 0.2) is 12.1 Å². The molecule has 1 fully saturated rings. The van der Waals surface area contributed by atoms with Crippen molar-refractivity contribution in [1.29, 1.82) is 0 Å². The topological polar surface area (TPSA) is 72.2 Å². The zero-order valence-electron chi connectivity index (χ0n) is 11.5. The Morgan fingerprint density at radius 3 is 2.75 bits per heavy atom. The summed E-state index contributed by atoms with van der Waals surface area (Å²) in [6, 6.07) is 2.05. The normalized spacial score (nSPS) is 15.8. The molecule has 1 unspecified atom stereocenters. The van der Waals surface area contributed by atoms with E-state index in [1.165, 1.54) is 19.8 Å². The molecule has 6 heteroatoms. The van der Waals surface area contributed by atoms with Crippen LogP contribution in [-0.2, 0) is 0 Å². The number of rotatable bonds is 5. The Balaban J connectivity index is 2.17. The molecule has 1 aliphatic rings. The third-order valence-corrected chi connectivity index (χ3v) is 3.46. The molecule has 1 aromatic carbocycles. The largest absolute Gasteiger partial charge is 0.349 e. The molecule has 0 aromatic heterocycles. The van der Waals surface area contributed by atoms with Gasteiger partial charge in [0.2, 0.25) is 0 Å². The van der Waals surface area contributed by atoms with Crippen molar-refractivity contribution in [3.05, 3.63) is 39.2 Å². The number of nitrogens with one attached hydrogen (secondary N) is 1. The summed E-state index contributed by atoms with van der Waals surface area (Å²) in [6.45, 7) is 3.27. The fourth-order valence-electron chi connectivity index (χ4n) is 2.24. The summed E-state index contributed by atoms with van der Waals surface area (Å²) in [5.74, 6) is -0.656. The number of benzene rings is 1. The fourth-order valence-corrected chi connectivity index (χ4v) is 2.24. The molecule has 1 N–H and O–H groups in total. The summed E-state index contributed by atoms with van der Waals surface area (Å²) in [5.41, 5.74) is -0.442. The molecule has 1 aliphatic carbocycles. The first kappa shape index (κ1) is 14.4. The second kappa shape index (κ2) is 5.56. The minimum absolute atomic E-state index is 0.0611. The van der Waals surface area contributed by atoms with Crippen molar-refractivity contribution in [3.63, 3.8) is 0 Å². The van der Waals surface area contributed by atoms with Gasteiger partial charge in [-0.25, -0.2) is 4.39 Å². The molecule has 2 rings (SSSR count). The van der Waals surface area contributed by atoms with Gasteiger partial charge < -0.3 is 5.32 Å². The van der Waals surface area contributed by atoms with Gasteiger partial charge >= 0.3 is 0 Å². The first-order chi connectivity index (χ1) is 9.38. The van der Waals surface area contributed by atoms with Gasteiger partial charge in [0.15, 0.2) is 0 Å². The van der Waals surface area contributed by atoms with Gasteiger partial charge in [-0.2, -0.15) is 0 Å². The van der Waals surface area contributed by atoms with Crippen LogP contribution < -0.4 is 5.32 Å². The van der Waals surface area contributed by atoms with Crippen LogP contribution >= 0.6 is 0 Å². The summed E-state index contributed by atoms with van der Waals surface area (Å²) >= 11 is 0. The Labute approximate surface area is 116 Å². The van der Waals surface area contributed by atoms with Gasteiger partial charge in [0.25, 0.3) is 11.6 Å². The number of hydrogen-bond donors (Lipinski definition) is 1. The van der Waals surface area contributed by atoms with Gasteiger partial charge in [0.05, 0.1) is 10.5 Å². The first-order valence-electron chi connectivity index (χ1n) is 6.64. The number of amides is 1. The average molecular weight is 280 g/mol. The predicted octanol–water partition coefficient (Wildman–Crippen LogP) is 2.96. The molecular weight excluding hydrogens is 263 g/mol. The molecular formula is C14H17FN2O3. The minimum Gasteiger partial charge on any atom is -0.349 e. The molecule has 1 saturated carbocycles. The monoisotopic (exact) mass is 280 g/mol. The van der Waals surface area contributed by atoms with E-state index in [2.05, 4.69) is 5.32 Å². The molecule has 0 saturated heterocycles. The van der Waals surface area contributed by atoms with E-state index in [1.54, 1.807) is 0 Å². The molecule has 0 bridgehead atoms. The number of nitro groups is 1. The lowest BCUT2D eigenvalue weighted by Gasteiger charge is -2.14. The highest BCUT2D eigenvalue weighted by atomic mass is 19.1. The maximum Gasteiger partial charge on any atom is 0.270 e. The Morgan fingerprint density at radius 1 is 1.55 bits per heavy atom. The van der Waals surface area contributed by atoms with Crippen LogP contribution in [0.3, 0.4) is 0 Å². The second-order valence-electron chi connectivity index (χ2n) is 5.43. The fraction of sp³-hybridized carbons (Fsp3) is 0.500. The van der Waals surface area contributed by atoms with Crippen LogP contribution in [0.25, 0.3) is 0 Å². The summed E-state index contributed by atoms with van der Waals surface area (Å²) in [5, 5.41) is 13.5. The van der Waals surface area contributed by atoms with E-state index in [-0.39, 0.29) is 22.9 Å². The highest BCUT2D eigenvalue weighted by Gasteiger charge is 2.26. The summed E-state index contributed by atoms with van der Waals surface area (Å²) in [4.78, 5) is 22.2. The third-order valence-electron chi connectivity index (χ3n) is 3.46. The van der Waals surface area contributed by atoms with Crippen molar-refractivity contribution < 1.29 is 14.1 Å². The molecule has 1 atom stereocenters. The molecule has 1 aromatic rings. The van der Waals surface area contributed by atoms with Crippen LogP contribution in [0.4, 0.5) is 10.1 Å². The molecule has 0 heterocycles. The van der Waals surface area contributed by atoms with Gasteiger partial charge in [-0.05, 0) is 31.7 Å². The summed E-state index contributed by atoms with van der Waals surface area (Å²) < 4.78 is 13.9. The van der Waals surface area contributed by atoms with Crippen molar-refractivity contribution in [2.75, 3.05) is 0 Å². The summed E-state index contributed by atoms with van der Waals surface area (Å²) in [7, 11) is 0. The Hall–Kier alpha value is -1.98. The van der Waals surface area contributed by atoms with E-state index in [9.17, 15) is 19.3 Å². The molecule has 0 aliphatic heterocycles. The lowest BCUT2D eigenvalue weighted by molar-refractivity contribution is -0.385. The summed E-state index contributed by atoms with van der Waals surface area (Å²) in [6.07, 6.45) is 3.20. The van der Waals surface area contributed by atoms with Gasteiger partial charge in [0, 0.05) is 18.2 Å². The lowest BCUT2D eigenvalue weighted by atomic mass is 10.1. The number of hydrogen-bond acceptors (Lipinski definition) is 3. The van der Waals surface area contributed by atoms with E-state index >= 15 is 0 Å². The lowest BCUT2D eigenvalue weighted by Crippen LogP contribution is -2.33. The Bertz CT molecular complexity index is 556. The van der Waals surface area contributed by atoms with Gasteiger partial charge in [-0.3, -0.25) is 14.9 Å². The van der Waals surface area contributed by atoms with Crippen molar-refractivity contribution in [1.82, 2.24) is 5.32 Å². The van der Waals surface area contributed by atoms with Crippen LogP contribution in [0, 0.1) is 28.8 Å². The second-order valence-corrected chi connectivity index (χ2v) is 5.43. The molecule has 0 spiro atoms. The smallest absolute Gasteiger partial charge is 0.270 e. The van der Waals surface area contributed by atoms with E-state index < -0.39 is 16.6 Å². The number of non-ortho nitro benzene ring substituents is 1. The van der Waals surface area contributed by atoms with Crippen molar-refractivity contribution in [2.45, 2.75) is 39.2 Å². The maximum absolute atomic E-state index is 13.9. The minimum atomic E-state index is -0.702. The van der Waals surface area contributed by atoms with E-state index in [1.807, 2.05) is 6.92 Å². The van der Waals surface area contributed by atoms with Crippen molar-refractivity contribution in [2.24, 2.45) is 5.92 Å². The van der Waals surface area contributed by atoms with E-state index in [0.717, 1.165) is 18.6 Å². The van der Waals surface area contributed by atoms with E-state index in [0.29, 0.717) is 5.92 Å². The van der Waals surface area contributed by atoms with Gasteiger partial charge in [-0.1, -0.05) is 12.8 Å². The average Bonchev–Trinajstić information content (AvgIpc) is 3.15. The zero-order valence-corrected chi connectivity index (χ0v) is 11.5. The third kappa shape index (κ3) is 3.31. The molecule has 1 amide bonds. The van der Waals surface area contributed by atoms with Crippen LogP contribution in [0.2, 0.25) is 0 Å². The predicted molar refractivity (Wildman–Crippen MR) is 72.1 cm³/mol. The maximum atomic E-state index is 13.9. The number of halogens is 1. The number of nitro benzene ring substituents is 1. The van der Waals surface area contributed by atoms with Gasteiger partial charge in [-0.15, -0.1) is 0 Å². The molecule has 5 nitrogen and oxygen atoms in total. The van der Waals surface area contributed by atoms with Gasteiger partial charge in [0.1, 0.15) is 5.82 Å².